The third-order valence-electron chi connectivity index (χ3n) is 4.21. The lowest BCUT2D eigenvalue weighted by Gasteiger charge is -2.08. The molecule has 0 atom stereocenters. The molecule has 8 heteroatoms. The van der Waals surface area contributed by atoms with Crippen LogP contribution in [0.3, 0.4) is 0 Å². The van der Waals surface area contributed by atoms with Gasteiger partial charge in [-0.25, -0.2) is 13.8 Å². The zero-order valence-electron chi connectivity index (χ0n) is 15.6. The number of halogens is 2. The van der Waals surface area contributed by atoms with Crippen molar-refractivity contribution in [3.05, 3.63) is 65.0 Å². The van der Waals surface area contributed by atoms with Crippen LogP contribution in [0.1, 0.15) is 46.2 Å². The van der Waals surface area contributed by atoms with E-state index < -0.39 is 23.4 Å². The molecular formula is C20H20F2N4O2. The van der Waals surface area contributed by atoms with Crippen molar-refractivity contribution in [2.45, 2.75) is 26.7 Å². The van der Waals surface area contributed by atoms with E-state index in [1.54, 1.807) is 16.7 Å². The normalized spacial score (nSPS) is 10.9. The average molecular weight is 386 g/mol. The zero-order chi connectivity index (χ0) is 20.3. The van der Waals surface area contributed by atoms with Gasteiger partial charge in [0.25, 0.3) is 11.8 Å². The van der Waals surface area contributed by atoms with Gasteiger partial charge in [0.2, 0.25) is 0 Å². The molecule has 3 aromatic rings. The van der Waals surface area contributed by atoms with Gasteiger partial charge in [0.05, 0.1) is 5.56 Å². The number of amides is 2. The number of hydrogen-bond donors (Lipinski definition) is 2. The minimum atomic E-state index is -0.994. The number of imidazole rings is 1. The summed E-state index contributed by atoms with van der Waals surface area (Å²) in [5.41, 5.74) is 1.16. The Bertz CT molecular complexity index is 1050. The fraction of sp³-hybridized carbons (Fsp3) is 0.250. The number of benzene rings is 1. The molecule has 28 heavy (non-hydrogen) atoms. The third-order valence-corrected chi connectivity index (χ3v) is 4.21. The summed E-state index contributed by atoms with van der Waals surface area (Å²) in [5, 5.41) is 5.27. The highest BCUT2D eigenvalue weighted by molar-refractivity contribution is 6.08. The first-order valence-electron chi connectivity index (χ1n) is 8.94. The number of aryl methyl sites for hydroxylation is 1. The Hall–Kier alpha value is -3.29. The molecule has 0 radical (unpaired) electrons. The molecule has 0 saturated carbocycles. The van der Waals surface area contributed by atoms with E-state index in [-0.39, 0.29) is 17.1 Å². The monoisotopic (exact) mass is 386 g/mol. The Balaban J connectivity index is 1.98. The van der Waals surface area contributed by atoms with E-state index in [0.717, 1.165) is 30.5 Å². The van der Waals surface area contributed by atoms with Crippen LogP contribution in [0.15, 0.2) is 36.5 Å². The number of anilines is 1. The molecule has 2 amide bonds. The highest BCUT2D eigenvalue weighted by atomic mass is 19.1. The Morgan fingerprint density at radius 2 is 1.93 bits per heavy atom. The van der Waals surface area contributed by atoms with E-state index in [1.165, 1.54) is 0 Å². The number of rotatable bonds is 6. The molecule has 2 N–H and O–H groups in total. The number of carbonyl (C=O) groups is 2. The van der Waals surface area contributed by atoms with Crippen molar-refractivity contribution in [1.29, 1.82) is 0 Å². The number of carbonyl (C=O) groups excluding carboxylic acids is 2. The molecule has 6 nitrogen and oxygen atoms in total. The van der Waals surface area contributed by atoms with Crippen molar-refractivity contribution in [2.75, 3.05) is 11.9 Å². The number of pyridine rings is 1. The molecule has 3 rings (SSSR count). The van der Waals surface area contributed by atoms with Gasteiger partial charge in [0.15, 0.2) is 11.5 Å². The topological polar surface area (TPSA) is 75.5 Å². The van der Waals surface area contributed by atoms with Gasteiger partial charge in [-0.15, -0.1) is 0 Å². The van der Waals surface area contributed by atoms with Crippen LogP contribution in [0.25, 0.3) is 5.65 Å². The summed E-state index contributed by atoms with van der Waals surface area (Å²) in [5.74, 6) is -2.99. The lowest BCUT2D eigenvalue weighted by Crippen LogP contribution is -2.27. The quantitative estimate of drug-likeness (QED) is 0.634. The number of nitrogens with one attached hydrogen (secondary N) is 2. The summed E-state index contributed by atoms with van der Waals surface area (Å²) in [7, 11) is 0. The second-order valence-corrected chi connectivity index (χ2v) is 6.43. The average Bonchev–Trinajstić information content (AvgIpc) is 2.98. The molecule has 0 aliphatic heterocycles. The fourth-order valence-electron chi connectivity index (χ4n) is 2.77. The van der Waals surface area contributed by atoms with Gasteiger partial charge in [-0.1, -0.05) is 19.4 Å². The van der Waals surface area contributed by atoms with Gasteiger partial charge in [-0.05, 0) is 37.1 Å². The molecule has 0 unspecified atom stereocenters. The summed E-state index contributed by atoms with van der Waals surface area (Å²) >= 11 is 0. The standard InChI is InChI=1S/C20H20F2N4O2/c1-3-4-9-23-20(28)17-18(24-16-8-5-12(2)11-26(16)17)25-19(27)14-7-6-13(21)10-15(14)22/h5-8,10-11H,3-4,9H2,1-2H3,(H,23,28)(H,25,27). The van der Waals surface area contributed by atoms with Gasteiger partial charge in [0.1, 0.15) is 17.3 Å². The molecular weight excluding hydrogens is 366 g/mol. The Kier molecular flexibility index (Phi) is 5.67. The van der Waals surface area contributed by atoms with Gasteiger partial charge >= 0.3 is 0 Å². The Labute approximate surface area is 160 Å². The van der Waals surface area contributed by atoms with Crippen molar-refractivity contribution in [1.82, 2.24) is 14.7 Å². The Morgan fingerprint density at radius 3 is 2.64 bits per heavy atom. The summed E-state index contributed by atoms with van der Waals surface area (Å²) < 4.78 is 28.6. The predicted molar refractivity (Wildman–Crippen MR) is 101 cm³/mol. The van der Waals surface area contributed by atoms with Crippen LogP contribution in [-0.4, -0.2) is 27.7 Å². The first-order chi connectivity index (χ1) is 13.4. The third kappa shape index (κ3) is 4.00. The van der Waals surface area contributed by atoms with Gasteiger partial charge < -0.3 is 10.6 Å². The van der Waals surface area contributed by atoms with Crippen LogP contribution in [0.2, 0.25) is 0 Å². The molecule has 146 valence electrons. The van der Waals surface area contributed by atoms with Crippen LogP contribution < -0.4 is 10.6 Å². The second-order valence-electron chi connectivity index (χ2n) is 6.43. The van der Waals surface area contributed by atoms with E-state index in [2.05, 4.69) is 15.6 Å². The van der Waals surface area contributed by atoms with Crippen LogP contribution in [0, 0.1) is 18.6 Å². The molecule has 0 spiro atoms. The molecule has 1 aromatic carbocycles. The van der Waals surface area contributed by atoms with E-state index in [0.29, 0.717) is 18.3 Å². The van der Waals surface area contributed by atoms with E-state index in [4.69, 9.17) is 0 Å². The van der Waals surface area contributed by atoms with Crippen molar-refractivity contribution in [3.8, 4) is 0 Å². The summed E-state index contributed by atoms with van der Waals surface area (Å²) in [6.07, 6.45) is 3.45. The Morgan fingerprint density at radius 1 is 1.14 bits per heavy atom. The van der Waals surface area contributed by atoms with Gasteiger partial charge in [0, 0.05) is 18.8 Å². The largest absolute Gasteiger partial charge is 0.351 e. The van der Waals surface area contributed by atoms with Crippen LogP contribution >= 0.6 is 0 Å². The molecule has 2 heterocycles. The molecule has 0 fully saturated rings. The molecule has 0 aliphatic rings. The van der Waals surface area contributed by atoms with Crippen molar-refractivity contribution in [2.24, 2.45) is 0 Å². The minimum Gasteiger partial charge on any atom is -0.351 e. The summed E-state index contributed by atoms with van der Waals surface area (Å²) in [6, 6.07) is 6.20. The second kappa shape index (κ2) is 8.16. The first-order valence-corrected chi connectivity index (χ1v) is 8.94. The molecule has 2 aromatic heterocycles. The van der Waals surface area contributed by atoms with Crippen LogP contribution in [0.4, 0.5) is 14.6 Å². The highest BCUT2D eigenvalue weighted by Crippen LogP contribution is 2.20. The SMILES string of the molecule is CCCCNC(=O)c1c(NC(=O)c2ccc(F)cc2F)nc2ccc(C)cn12. The maximum atomic E-state index is 13.9. The van der Waals surface area contributed by atoms with E-state index >= 15 is 0 Å². The highest BCUT2D eigenvalue weighted by Gasteiger charge is 2.22. The maximum Gasteiger partial charge on any atom is 0.272 e. The van der Waals surface area contributed by atoms with Crippen molar-refractivity contribution in [3.63, 3.8) is 0 Å². The minimum absolute atomic E-state index is 0.00771. The lowest BCUT2D eigenvalue weighted by molar-refractivity contribution is 0.0948. The van der Waals surface area contributed by atoms with Crippen LogP contribution in [0.5, 0.6) is 0 Å². The van der Waals surface area contributed by atoms with Gasteiger partial charge in [-0.3, -0.25) is 14.0 Å². The molecule has 0 bridgehead atoms. The number of hydrogen-bond acceptors (Lipinski definition) is 3. The number of nitrogens with zero attached hydrogens (tertiary/aromatic N) is 2. The van der Waals surface area contributed by atoms with Crippen LogP contribution in [-0.2, 0) is 0 Å². The summed E-state index contributed by atoms with van der Waals surface area (Å²) in [4.78, 5) is 29.5. The molecule has 0 saturated heterocycles. The van der Waals surface area contributed by atoms with Gasteiger partial charge in [-0.2, -0.15) is 0 Å². The summed E-state index contributed by atoms with van der Waals surface area (Å²) in [6.45, 7) is 4.35. The number of aromatic nitrogens is 2. The van der Waals surface area contributed by atoms with E-state index in [1.807, 2.05) is 19.9 Å². The number of unbranched alkanes of at least 4 members (excludes halogenated alkanes) is 1. The van der Waals surface area contributed by atoms with Crippen molar-refractivity contribution >= 4 is 23.3 Å². The first kappa shape index (κ1) is 19.5. The maximum absolute atomic E-state index is 13.9. The fourth-order valence-corrected chi connectivity index (χ4v) is 2.77. The molecule has 0 aliphatic carbocycles. The predicted octanol–water partition coefficient (Wildman–Crippen LogP) is 3.70. The smallest absolute Gasteiger partial charge is 0.272 e. The zero-order valence-corrected chi connectivity index (χ0v) is 15.6. The van der Waals surface area contributed by atoms with E-state index in [9.17, 15) is 18.4 Å². The van der Waals surface area contributed by atoms with Crippen molar-refractivity contribution < 1.29 is 18.4 Å². The number of fused-ring (bicyclic) bond motifs is 1. The lowest BCUT2D eigenvalue weighted by atomic mass is 10.2.